The summed E-state index contributed by atoms with van der Waals surface area (Å²) >= 11 is 0. The Balaban J connectivity index is 1.43. The lowest BCUT2D eigenvalue weighted by atomic mass is 9.71. The summed E-state index contributed by atoms with van der Waals surface area (Å²) in [5.74, 6) is 2.67. The number of hydrogen-bond donors (Lipinski definition) is 1. The van der Waals surface area contributed by atoms with E-state index in [0.29, 0.717) is 0 Å². The normalized spacial score (nSPS) is 26.7. The third-order valence-electron chi connectivity index (χ3n) is 4.11. The van der Waals surface area contributed by atoms with Crippen LogP contribution >= 0.6 is 0 Å². The summed E-state index contributed by atoms with van der Waals surface area (Å²) in [5, 5.41) is 3.48. The van der Waals surface area contributed by atoms with E-state index in [1.807, 2.05) is 0 Å². The molecule has 3 heteroatoms. The van der Waals surface area contributed by atoms with Gasteiger partial charge in [-0.25, -0.2) is 0 Å². The molecule has 1 aromatic rings. The lowest BCUT2D eigenvalue weighted by molar-refractivity contribution is 0.262. The Morgan fingerprint density at radius 1 is 1.28 bits per heavy atom. The fourth-order valence-corrected chi connectivity index (χ4v) is 2.86. The second kappa shape index (κ2) is 5.01. The number of benzene rings is 1. The van der Waals surface area contributed by atoms with Gasteiger partial charge in [0, 0.05) is 20.1 Å². The summed E-state index contributed by atoms with van der Waals surface area (Å²) in [5.41, 5.74) is 1.50. The standard InChI is InChI=1S/C15H21N3/c1-18-8-7-16-15(18)17-11-12-9-14(10-12)13-5-3-2-4-6-13/h2-6,12,14H,7-11H2,1H3,(H,16,17). The van der Waals surface area contributed by atoms with Crippen LogP contribution in [0, 0.1) is 5.92 Å². The predicted octanol–water partition coefficient (Wildman–Crippen LogP) is 2.07. The molecule has 96 valence electrons. The van der Waals surface area contributed by atoms with E-state index in [-0.39, 0.29) is 0 Å². The first-order valence-electron chi connectivity index (χ1n) is 6.87. The van der Waals surface area contributed by atoms with E-state index in [4.69, 9.17) is 0 Å². The third-order valence-corrected chi connectivity index (χ3v) is 4.11. The summed E-state index contributed by atoms with van der Waals surface area (Å²) in [6.07, 6.45) is 2.63. The van der Waals surface area contributed by atoms with E-state index < -0.39 is 0 Å². The minimum Gasteiger partial charge on any atom is -0.356 e. The van der Waals surface area contributed by atoms with Crippen LogP contribution in [0.4, 0.5) is 0 Å². The molecule has 1 aromatic carbocycles. The predicted molar refractivity (Wildman–Crippen MR) is 74.8 cm³/mol. The van der Waals surface area contributed by atoms with Crippen molar-refractivity contribution < 1.29 is 0 Å². The molecule has 3 nitrogen and oxygen atoms in total. The molecule has 1 aliphatic carbocycles. The van der Waals surface area contributed by atoms with Crippen molar-refractivity contribution in [3.05, 3.63) is 35.9 Å². The molecule has 2 aliphatic rings. The van der Waals surface area contributed by atoms with Crippen molar-refractivity contribution in [2.75, 3.05) is 26.7 Å². The molecule has 1 N–H and O–H groups in total. The number of likely N-dealkylation sites (N-methyl/N-ethyl adjacent to an activating group) is 1. The first-order chi connectivity index (χ1) is 8.83. The van der Waals surface area contributed by atoms with Crippen molar-refractivity contribution in [2.45, 2.75) is 18.8 Å². The summed E-state index contributed by atoms with van der Waals surface area (Å²) < 4.78 is 0. The number of aliphatic imine (C=N–C) groups is 1. The van der Waals surface area contributed by atoms with Crippen molar-refractivity contribution in [3.63, 3.8) is 0 Å². The zero-order chi connectivity index (χ0) is 12.4. The second-order valence-electron chi connectivity index (χ2n) is 5.45. The molecule has 18 heavy (non-hydrogen) atoms. The van der Waals surface area contributed by atoms with Gasteiger partial charge in [0.05, 0.1) is 6.54 Å². The molecule has 1 aliphatic heterocycles. The molecule has 0 radical (unpaired) electrons. The molecule has 0 aromatic heterocycles. The SMILES string of the molecule is CN1CCN=C1NCC1CC(c2ccccc2)C1. The number of rotatable bonds is 3. The Kier molecular flexibility index (Phi) is 3.22. The Bertz CT molecular complexity index is 421. The minimum atomic E-state index is 0.779. The Morgan fingerprint density at radius 3 is 2.72 bits per heavy atom. The number of guanidine groups is 1. The van der Waals surface area contributed by atoms with Gasteiger partial charge in [0.25, 0.3) is 0 Å². The number of nitrogens with zero attached hydrogens (tertiary/aromatic N) is 2. The maximum absolute atomic E-state index is 4.46. The minimum absolute atomic E-state index is 0.779. The lowest BCUT2D eigenvalue weighted by Crippen LogP contribution is -2.40. The van der Waals surface area contributed by atoms with Gasteiger partial charge in [-0.15, -0.1) is 0 Å². The van der Waals surface area contributed by atoms with E-state index in [2.05, 4.69) is 52.6 Å². The lowest BCUT2D eigenvalue weighted by Gasteiger charge is -2.36. The summed E-state index contributed by atoms with van der Waals surface area (Å²) in [6.45, 7) is 3.07. The third kappa shape index (κ3) is 2.35. The van der Waals surface area contributed by atoms with Crippen LogP contribution in [0.15, 0.2) is 35.3 Å². The van der Waals surface area contributed by atoms with Crippen molar-refractivity contribution in [1.82, 2.24) is 10.2 Å². The Morgan fingerprint density at radius 2 is 2.06 bits per heavy atom. The van der Waals surface area contributed by atoms with Crippen LogP contribution in [0.1, 0.15) is 24.3 Å². The maximum Gasteiger partial charge on any atom is 0.193 e. The van der Waals surface area contributed by atoms with Crippen LogP contribution in [0.5, 0.6) is 0 Å². The van der Waals surface area contributed by atoms with Gasteiger partial charge < -0.3 is 10.2 Å². The molecule has 0 amide bonds. The molecule has 0 spiro atoms. The molecule has 3 rings (SSSR count). The van der Waals surface area contributed by atoms with Gasteiger partial charge in [-0.1, -0.05) is 30.3 Å². The largest absolute Gasteiger partial charge is 0.356 e. The highest BCUT2D eigenvalue weighted by atomic mass is 15.3. The van der Waals surface area contributed by atoms with Crippen LogP contribution in [-0.4, -0.2) is 37.5 Å². The van der Waals surface area contributed by atoms with Crippen LogP contribution in [0.2, 0.25) is 0 Å². The van der Waals surface area contributed by atoms with Gasteiger partial charge in [0.2, 0.25) is 0 Å². The fraction of sp³-hybridized carbons (Fsp3) is 0.533. The average Bonchev–Trinajstić information content (AvgIpc) is 2.74. The Labute approximate surface area is 109 Å². The van der Waals surface area contributed by atoms with Crippen LogP contribution < -0.4 is 5.32 Å². The van der Waals surface area contributed by atoms with Crippen molar-refractivity contribution in [2.24, 2.45) is 10.9 Å². The van der Waals surface area contributed by atoms with Gasteiger partial charge in [-0.2, -0.15) is 0 Å². The van der Waals surface area contributed by atoms with Crippen LogP contribution in [0.3, 0.4) is 0 Å². The summed E-state index contributed by atoms with van der Waals surface area (Å²) in [7, 11) is 2.10. The quantitative estimate of drug-likeness (QED) is 0.880. The van der Waals surface area contributed by atoms with Gasteiger partial charge in [0.15, 0.2) is 5.96 Å². The maximum atomic E-state index is 4.46. The molecular formula is C15H21N3. The van der Waals surface area contributed by atoms with Crippen molar-refractivity contribution >= 4 is 5.96 Å². The molecule has 1 saturated carbocycles. The highest BCUT2D eigenvalue weighted by molar-refractivity contribution is 5.81. The number of hydrogen-bond acceptors (Lipinski definition) is 3. The zero-order valence-corrected chi connectivity index (χ0v) is 11.0. The van der Waals surface area contributed by atoms with E-state index in [0.717, 1.165) is 37.4 Å². The molecular weight excluding hydrogens is 222 g/mol. The van der Waals surface area contributed by atoms with Gasteiger partial charge in [0.1, 0.15) is 0 Å². The first kappa shape index (κ1) is 11.6. The van der Waals surface area contributed by atoms with Crippen LogP contribution in [-0.2, 0) is 0 Å². The Hall–Kier alpha value is -1.51. The van der Waals surface area contributed by atoms with E-state index in [1.54, 1.807) is 0 Å². The molecule has 0 unspecified atom stereocenters. The molecule has 0 saturated heterocycles. The molecule has 0 bridgehead atoms. The van der Waals surface area contributed by atoms with Crippen molar-refractivity contribution in [1.29, 1.82) is 0 Å². The van der Waals surface area contributed by atoms with Crippen LogP contribution in [0.25, 0.3) is 0 Å². The zero-order valence-electron chi connectivity index (χ0n) is 11.0. The molecule has 1 heterocycles. The van der Waals surface area contributed by atoms with Gasteiger partial charge in [-0.05, 0) is 30.2 Å². The summed E-state index contributed by atoms with van der Waals surface area (Å²) in [4.78, 5) is 6.66. The summed E-state index contributed by atoms with van der Waals surface area (Å²) in [6, 6.07) is 10.9. The molecule has 0 atom stereocenters. The highest BCUT2D eigenvalue weighted by Crippen LogP contribution is 2.40. The second-order valence-corrected chi connectivity index (χ2v) is 5.45. The molecule has 1 fully saturated rings. The number of nitrogens with one attached hydrogen (secondary N) is 1. The van der Waals surface area contributed by atoms with E-state index in [9.17, 15) is 0 Å². The monoisotopic (exact) mass is 243 g/mol. The fourth-order valence-electron chi connectivity index (χ4n) is 2.86. The first-order valence-corrected chi connectivity index (χ1v) is 6.87. The van der Waals surface area contributed by atoms with E-state index in [1.165, 1.54) is 18.4 Å². The highest BCUT2D eigenvalue weighted by Gasteiger charge is 2.30. The average molecular weight is 243 g/mol. The van der Waals surface area contributed by atoms with Gasteiger partial charge >= 0.3 is 0 Å². The smallest absolute Gasteiger partial charge is 0.193 e. The van der Waals surface area contributed by atoms with Gasteiger partial charge in [-0.3, -0.25) is 4.99 Å². The van der Waals surface area contributed by atoms with Crippen molar-refractivity contribution in [3.8, 4) is 0 Å². The van der Waals surface area contributed by atoms with E-state index >= 15 is 0 Å². The topological polar surface area (TPSA) is 27.6 Å².